The molecule has 0 saturated carbocycles. The summed E-state index contributed by atoms with van der Waals surface area (Å²) in [6, 6.07) is 0. The molecule has 0 aliphatic rings. The van der Waals surface area contributed by atoms with E-state index >= 15 is 0 Å². The fourth-order valence-electron chi connectivity index (χ4n) is 0. The van der Waals surface area contributed by atoms with E-state index < -0.39 is 0 Å². The van der Waals surface area contributed by atoms with E-state index in [1.807, 2.05) is 0 Å². The molecule has 0 radical (unpaired) electrons. The molecule has 0 unspecified atom stereocenters. The van der Waals surface area contributed by atoms with E-state index in [0.29, 0.717) is 0 Å². The predicted octanol–water partition coefficient (Wildman–Crippen LogP) is -0.826. The Labute approximate surface area is 59.5 Å². The average molecular weight is 207 g/mol. The summed E-state index contributed by atoms with van der Waals surface area (Å²) in [5.74, 6) is 0. The van der Waals surface area contributed by atoms with Gasteiger partial charge in [-0.2, -0.15) is 9.59 Å². The molecule has 0 aromatic carbocycles. The average Bonchev–Trinajstić information content (AvgIpc) is 1.78. The molecule has 0 bridgehead atoms. The molecule has 0 N–H and O–H groups in total. The molecule has 4 nitrogen and oxygen atoms in total. The Bertz CT molecular complexity index is 45.7. The summed E-state index contributed by atoms with van der Waals surface area (Å²) in [5.41, 5.74) is 0. The van der Waals surface area contributed by atoms with E-state index in [9.17, 15) is 0 Å². The molecule has 0 atom stereocenters. The number of carbonyl (C=O) groups excluding carboxylic acids is 2. The second-order valence-corrected chi connectivity index (χ2v) is 0.0833. The normalized spacial score (nSPS) is 2.86. The van der Waals surface area contributed by atoms with Crippen LogP contribution in [0.3, 0.4) is 0 Å². The zero-order valence-corrected chi connectivity index (χ0v) is 9.48. The van der Waals surface area contributed by atoms with Crippen LogP contribution in [0.4, 0.5) is 0 Å². The summed E-state index contributed by atoms with van der Waals surface area (Å²) in [5, 5.41) is 0. The third kappa shape index (κ3) is 2160. The topological polar surface area (TPSA) is 68.3 Å². The van der Waals surface area contributed by atoms with Gasteiger partial charge in [0.15, 0.2) is 0 Å². The van der Waals surface area contributed by atoms with Gasteiger partial charge in [-0.15, -0.1) is 0 Å². The van der Waals surface area contributed by atoms with E-state index in [4.69, 9.17) is 16.7 Å². The van der Waals surface area contributed by atoms with Crippen LogP contribution in [0.1, 0.15) is 0 Å². The van der Waals surface area contributed by atoms with Gasteiger partial charge in [-0.3, -0.25) is 0 Å². The Morgan fingerprint density at radius 2 is 0.857 bits per heavy atom. The summed E-state index contributed by atoms with van der Waals surface area (Å²) in [6.07, 6.45) is 0.250. The Balaban J connectivity index is -0.0000000360. The number of rotatable bonds is 0. The van der Waals surface area contributed by atoms with Crippen molar-refractivity contribution in [1.82, 2.24) is 0 Å². The first-order chi connectivity index (χ1) is 3.41. The van der Waals surface area contributed by atoms with Crippen LogP contribution in [0, 0.1) is 0 Å². The molecule has 0 aliphatic carbocycles. The Morgan fingerprint density at radius 3 is 0.857 bits per heavy atom. The van der Waals surface area contributed by atoms with Gasteiger partial charge in [0.25, 0.3) is 0 Å². The summed E-state index contributed by atoms with van der Waals surface area (Å²) in [6.45, 7) is 0. The van der Waals surface area contributed by atoms with Crippen molar-refractivity contribution in [2.75, 3.05) is 0 Å². The van der Waals surface area contributed by atoms with Gasteiger partial charge in [-0.25, -0.2) is 0 Å². The van der Waals surface area contributed by atoms with Crippen LogP contribution < -0.4 is 0 Å². The first-order valence-electron chi connectivity index (χ1n) is 0.986. The van der Waals surface area contributed by atoms with Crippen molar-refractivity contribution in [2.45, 2.75) is 0 Å². The molecule has 0 heterocycles. The third-order valence-corrected chi connectivity index (χ3v) is 0. The molecule has 0 aliphatic heterocycles. The predicted molar refractivity (Wildman–Crippen MR) is 6.38 cm³/mol. The molecular weight excluding hydrogens is 207 g/mol. The molecule has 0 aromatic heterocycles. The molecule has 0 aromatic rings. The third-order valence-electron chi connectivity index (χ3n) is 0. The SMILES string of the molecule is O=C=O.[O]=[Zn].[O]=[Zn]. The summed E-state index contributed by atoms with van der Waals surface area (Å²) < 4.78 is 16.8. The Kier molecular flexibility index (Phi) is 253. The van der Waals surface area contributed by atoms with Crippen LogP contribution in [-0.2, 0) is 53.2 Å². The Hall–Kier alpha value is 0.227. The van der Waals surface area contributed by atoms with Gasteiger partial charge in [0.2, 0.25) is 0 Å². The van der Waals surface area contributed by atoms with Crippen molar-refractivity contribution in [3.05, 3.63) is 0 Å². The van der Waals surface area contributed by atoms with Gasteiger partial charge in [0.05, 0.1) is 0 Å². The van der Waals surface area contributed by atoms with Crippen LogP contribution in [0.15, 0.2) is 0 Å². The molecular formula is CO4Zn2. The standard InChI is InChI=1S/CO2.2O.2Zn/c2-1-3;;;;. The molecule has 6 heteroatoms. The van der Waals surface area contributed by atoms with E-state index in [1.165, 1.54) is 0 Å². The molecule has 7 heavy (non-hydrogen) atoms. The van der Waals surface area contributed by atoms with Gasteiger partial charge in [0, 0.05) is 0 Å². The minimum absolute atomic E-state index is 0.125. The van der Waals surface area contributed by atoms with Crippen LogP contribution in [0.2, 0.25) is 0 Å². The fraction of sp³-hybridized carbons (Fsp3) is 0. The van der Waals surface area contributed by atoms with Crippen molar-refractivity contribution in [1.29, 1.82) is 0 Å². The Morgan fingerprint density at radius 1 is 0.857 bits per heavy atom. The minimum atomic E-state index is 0.125. The van der Waals surface area contributed by atoms with Crippen molar-refractivity contribution >= 4 is 6.15 Å². The van der Waals surface area contributed by atoms with E-state index in [-0.39, 0.29) is 42.7 Å². The van der Waals surface area contributed by atoms with Crippen molar-refractivity contribution < 1.29 is 53.2 Å². The summed E-state index contributed by atoms with van der Waals surface area (Å²) >= 11 is 0.250. The van der Waals surface area contributed by atoms with Gasteiger partial charge < -0.3 is 0 Å². The number of hydrogen-bond acceptors (Lipinski definition) is 4. The first kappa shape index (κ1) is 15.7. The zero-order chi connectivity index (χ0) is 6.71. The molecule has 32 valence electrons. The fourth-order valence-corrected chi connectivity index (χ4v) is 0. The van der Waals surface area contributed by atoms with E-state index in [0.717, 1.165) is 0 Å². The first-order valence-corrected chi connectivity index (χ1v) is 3.41. The summed E-state index contributed by atoms with van der Waals surface area (Å²) in [4.78, 5) is 16.2. The quantitative estimate of drug-likeness (QED) is 0.486. The van der Waals surface area contributed by atoms with E-state index in [2.05, 4.69) is 0 Å². The second-order valence-electron chi connectivity index (χ2n) is 0.0833. The zero-order valence-electron chi connectivity index (χ0n) is 3.55. The van der Waals surface area contributed by atoms with Crippen LogP contribution in [-0.4, -0.2) is 6.15 Å². The molecule has 0 spiro atoms. The van der Waals surface area contributed by atoms with Gasteiger partial charge in [0.1, 0.15) is 0 Å². The van der Waals surface area contributed by atoms with Crippen LogP contribution in [0.25, 0.3) is 0 Å². The number of hydrogen-bond donors (Lipinski definition) is 0. The van der Waals surface area contributed by atoms with Crippen molar-refractivity contribution in [2.24, 2.45) is 0 Å². The maximum absolute atomic E-state index is 8.38. The maximum atomic E-state index is 8.38. The van der Waals surface area contributed by atoms with E-state index in [1.54, 1.807) is 0 Å². The van der Waals surface area contributed by atoms with Gasteiger partial charge in [-0.1, -0.05) is 0 Å². The monoisotopic (exact) mass is 204 g/mol. The van der Waals surface area contributed by atoms with Crippen molar-refractivity contribution in [3.8, 4) is 0 Å². The van der Waals surface area contributed by atoms with Crippen molar-refractivity contribution in [3.63, 3.8) is 0 Å². The molecule has 0 amide bonds. The van der Waals surface area contributed by atoms with Gasteiger partial charge in [-0.05, 0) is 0 Å². The molecule has 0 fully saturated rings. The molecule has 0 saturated heterocycles. The second kappa shape index (κ2) is 113. The van der Waals surface area contributed by atoms with Crippen LogP contribution >= 0.6 is 0 Å². The van der Waals surface area contributed by atoms with Crippen LogP contribution in [0.5, 0.6) is 0 Å². The van der Waals surface area contributed by atoms with Gasteiger partial charge >= 0.3 is 49.8 Å². The molecule has 0 rings (SSSR count). The summed E-state index contributed by atoms with van der Waals surface area (Å²) in [7, 11) is 0.